The van der Waals surface area contributed by atoms with Gasteiger partial charge in [0.1, 0.15) is 5.75 Å². The highest BCUT2D eigenvalue weighted by atomic mass is 127. The first-order chi connectivity index (χ1) is 14.6. The number of halogens is 2. The molecule has 0 radical (unpaired) electrons. The van der Waals surface area contributed by atoms with E-state index in [1.54, 1.807) is 37.7 Å². The van der Waals surface area contributed by atoms with Crippen LogP contribution < -0.4 is 15.4 Å². The molecule has 0 aliphatic heterocycles. The van der Waals surface area contributed by atoms with Crippen molar-refractivity contribution in [3.05, 3.63) is 54.1 Å². The van der Waals surface area contributed by atoms with E-state index in [1.807, 2.05) is 13.0 Å². The van der Waals surface area contributed by atoms with Crippen molar-refractivity contribution in [1.82, 2.24) is 20.5 Å². The normalized spacial score (nSPS) is 11.2. The number of hydrogen-bond acceptors (Lipinski definition) is 5. The van der Waals surface area contributed by atoms with Crippen molar-refractivity contribution in [3.63, 3.8) is 0 Å². The summed E-state index contributed by atoms with van der Waals surface area (Å²) in [5.41, 5.74) is 0.764. The van der Waals surface area contributed by atoms with Gasteiger partial charge in [-0.3, -0.25) is 4.98 Å². The van der Waals surface area contributed by atoms with Crippen molar-refractivity contribution in [3.8, 4) is 11.5 Å². The van der Waals surface area contributed by atoms with Gasteiger partial charge in [0, 0.05) is 46.1 Å². The van der Waals surface area contributed by atoms with Crippen molar-refractivity contribution >= 4 is 29.9 Å². The summed E-state index contributed by atoms with van der Waals surface area (Å²) in [6.07, 6.45) is 4.19. The highest BCUT2D eigenvalue weighted by Crippen LogP contribution is 2.24. The minimum absolute atomic E-state index is 0. The Kier molecular flexibility index (Phi) is 13.8. The zero-order valence-electron chi connectivity index (χ0n) is 18.4. The number of nitrogens with one attached hydrogen (secondary N) is 2. The highest BCUT2D eigenvalue weighted by molar-refractivity contribution is 14.0. The van der Waals surface area contributed by atoms with E-state index in [9.17, 15) is 4.39 Å². The number of hydrogen-bond donors (Lipinski definition) is 2. The number of nitrogens with zero attached hydrogens (tertiary/aromatic N) is 3. The molecule has 1 aromatic carbocycles. The SMILES string of the molecule is CCNC(=NCc1ccc(Oc2cccnc2)c(F)c1)NCCN(C)CCCOC.I. The molecule has 0 saturated carbocycles. The van der Waals surface area contributed by atoms with E-state index in [-0.39, 0.29) is 29.7 Å². The number of ether oxygens (including phenoxy) is 2. The van der Waals surface area contributed by atoms with Crippen molar-refractivity contribution in [2.45, 2.75) is 19.9 Å². The molecule has 0 saturated heterocycles. The van der Waals surface area contributed by atoms with Crippen LogP contribution in [0.1, 0.15) is 18.9 Å². The predicted octanol–water partition coefficient (Wildman–Crippen LogP) is 3.65. The molecule has 2 N–H and O–H groups in total. The molecule has 0 aliphatic carbocycles. The molecular weight excluding hydrogens is 512 g/mol. The van der Waals surface area contributed by atoms with Crippen molar-refractivity contribution in [1.29, 1.82) is 0 Å². The molecule has 0 aliphatic rings. The Morgan fingerprint density at radius 2 is 2.06 bits per heavy atom. The van der Waals surface area contributed by atoms with Gasteiger partial charge in [-0.15, -0.1) is 24.0 Å². The minimum Gasteiger partial charge on any atom is -0.453 e. The number of rotatable bonds is 12. The van der Waals surface area contributed by atoms with Crippen LogP contribution in [0.2, 0.25) is 0 Å². The smallest absolute Gasteiger partial charge is 0.191 e. The Morgan fingerprint density at radius 3 is 2.74 bits per heavy atom. The lowest BCUT2D eigenvalue weighted by atomic mass is 10.2. The molecule has 0 unspecified atom stereocenters. The van der Waals surface area contributed by atoms with Gasteiger partial charge in [0.05, 0.1) is 12.7 Å². The molecule has 9 heteroatoms. The molecule has 0 amide bonds. The molecular formula is C22H33FIN5O2. The third kappa shape index (κ3) is 10.7. The molecule has 0 spiro atoms. The molecule has 1 heterocycles. The Hall–Kier alpha value is -1.98. The van der Waals surface area contributed by atoms with Gasteiger partial charge in [-0.2, -0.15) is 0 Å². The van der Waals surface area contributed by atoms with Gasteiger partial charge in [0.15, 0.2) is 17.5 Å². The van der Waals surface area contributed by atoms with Gasteiger partial charge >= 0.3 is 0 Å². The fourth-order valence-corrected chi connectivity index (χ4v) is 2.73. The summed E-state index contributed by atoms with van der Waals surface area (Å²) in [6, 6.07) is 8.34. The van der Waals surface area contributed by atoms with Gasteiger partial charge in [0.25, 0.3) is 0 Å². The molecule has 2 aromatic rings. The predicted molar refractivity (Wildman–Crippen MR) is 133 cm³/mol. The van der Waals surface area contributed by atoms with Crippen LogP contribution >= 0.6 is 24.0 Å². The summed E-state index contributed by atoms with van der Waals surface area (Å²) in [4.78, 5) is 10.8. The Morgan fingerprint density at radius 1 is 1.23 bits per heavy atom. The van der Waals surface area contributed by atoms with Gasteiger partial charge in [-0.05, 0) is 50.2 Å². The third-order valence-corrected chi connectivity index (χ3v) is 4.30. The highest BCUT2D eigenvalue weighted by Gasteiger charge is 2.07. The minimum atomic E-state index is -0.429. The van der Waals surface area contributed by atoms with E-state index in [1.165, 1.54) is 6.07 Å². The molecule has 2 rings (SSSR count). The van der Waals surface area contributed by atoms with E-state index < -0.39 is 5.82 Å². The molecule has 1 aromatic heterocycles. The molecule has 31 heavy (non-hydrogen) atoms. The molecule has 0 atom stereocenters. The monoisotopic (exact) mass is 545 g/mol. The number of aliphatic imine (C=N–C) groups is 1. The van der Waals surface area contributed by atoms with Gasteiger partial charge in [0.2, 0.25) is 0 Å². The number of methoxy groups -OCH3 is 1. The van der Waals surface area contributed by atoms with Gasteiger partial charge in [-0.1, -0.05) is 6.07 Å². The first-order valence-electron chi connectivity index (χ1n) is 10.2. The molecule has 172 valence electrons. The van der Waals surface area contributed by atoms with Crippen LogP contribution in [0.5, 0.6) is 11.5 Å². The maximum absolute atomic E-state index is 14.4. The van der Waals surface area contributed by atoms with E-state index >= 15 is 0 Å². The lowest BCUT2D eigenvalue weighted by Crippen LogP contribution is -2.41. The fourth-order valence-electron chi connectivity index (χ4n) is 2.73. The van der Waals surface area contributed by atoms with Crippen LogP contribution in [0, 0.1) is 5.82 Å². The largest absolute Gasteiger partial charge is 0.453 e. The maximum atomic E-state index is 14.4. The van der Waals surface area contributed by atoms with Crippen molar-refractivity contribution < 1.29 is 13.9 Å². The number of benzene rings is 1. The van der Waals surface area contributed by atoms with Gasteiger partial charge < -0.3 is 25.0 Å². The average molecular weight is 545 g/mol. The summed E-state index contributed by atoms with van der Waals surface area (Å²) in [5.74, 6) is 0.936. The Balaban J connectivity index is 0.00000480. The zero-order chi connectivity index (χ0) is 21.6. The lowest BCUT2D eigenvalue weighted by Gasteiger charge is -2.18. The first kappa shape index (κ1) is 27.1. The van der Waals surface area contributed by atoms with E-state index in [0.29, 0.717) is 18.3 Å². The quantitative estimate of drug-likeness (QED) is 0.184. The van der Waals surface area contributed by atoms with E-state index in [0.717, 1.165) is 44.8 Å². The molecule has 0 fully saturated rings. The number of aromatic nitrogens is 1. The Bertz CT molecular complexity index is 780. The van der Waals surface area contributed by atoms with Crippen LogP contribution in [0.4, 0.5) is 4.39 Å². The number of guanidine groups is 1. The summed E-state index contributed by atoms with van der Waals surface area (Å²) >= 11 is 0. The average Bonchev–Trinajstić information content (AvgIpc) is 2.75. The summed E-state index contributed by atoms with van der Waals surface area (Å²) < 4.78 is 25.0. The standard InChI is InChI=1S/C22H32FN5O2.HI/c1-4-25-22(26-11-13-28(2)12-6-14-29-3)27-16-18-8-9-21(20(23)15-18)30-19-7-5-10-24-17-19;/h5,7-10,15,17H,4,6,11-14,16H2,1-3H3,(H2,25,26,27);1H. The van der Waals surface area contributed by atoms with E-state index in [4.69, 9.17) is 9.47 Å². The first-order valence-corrected chi connectivity index (χ1v) is 10.2. The number of pyridine rings is 1. The Labute approximate surface area is 201 Å². The van der Waals surface area contributed by atoms with Gasteiger partial charge in [-0.25, -0.2) is 9.38 Å². The van der Waals surface area contributed by atoms with Crippen molar-refractivity contribution in [2.75, 3.05) is 46.9 Å². The van der Waals surface area contributed by atoms with Crippen LogP contribution in [0.3, 0.4) is 0 Å². The fraction of sp³-hybridized carbons (Fsp3) is 0.455. The molecule has 7 nitrogen and oxygen atoms in total. The van der Waals surface area contributed by atoms with Crippen LogP contribution in [-0.4, -0.2) is 62.8 Å². The second kappa shape index (κ2) is 15.8. The van der Waals surface area contributed by atoms with Crippen LogP contribution in [0.15, 0.2) is 47.7 Å². The van der Waals surface area contributed by atoms with E-state index in [2.05, 4.69) is 32.6 Å². The van der Waals surface area contributed by atoms with Crippen LogP contribution in [0.25, 0.3) is 0 Å². The second-order valence-electron chi connectivity index (χ2n) is 6.83. The number of likely N-dealkylation sites (N-methyl/N-ethyl adjacent to an activating group) is 1. The van der Waals surface area contributed by atoms with Crippen LogP contribution in [-0.2, 0) is 11.3 Å². The second-order valence-corrected chi connectivity index (χ2v) is 6.83. The lowest BCUT2D eigenvalue weighted by molar-refractivity contribution is 0.180. The molecule has 0 bridgehead atoms. The zero-order valence-corrected chi connectivity index (χ0v) is 20.8. The van der Waals surface area contributed by atoms with Crippen molar-refractivity contribution in [2.24, 2.45) is 4.99 Å². The topological polar surface area (TPSA) is 71.0 Å². The summed E-state index contributed by atoms with van der Waals surface area (Å²) in [7, 11) is 3.80. The third-order valence-electron chi connectivity index (χ3n) is 4.30. The maximum Gasteiger partial charge on any atom is 0.191 e. The summed E-state index contributed by atoms with van der Waals surface area (Å²) in [5, 5.41) is 6.52. The summed E-state index contributed by atoms with van der Waals surface area (Å²) in [6.45, 7) is 6.54.